The molecule has 0 saturated heterocycles. The van der Waals surface area contributed by atoms with Crippen molar-refractivity contribution < 1.29 is 0 Å². The van der Waals surface area contributed by atoms with Crippen LogP contribution in [0, 0.1) is 0 Å². The molecule has 1 saturated carbocycles. The maximum Gasteiger partial charge on any atom is 0.170 e. The van der Waals surface area contributed by atoms with Crippen LogP contribution in [0.2, 0.25) is 0 Å². The van der Waals surface area contributed by atoms with Gasteiger partial charge in [0.2, 0.25) is 0 Å². The molecule has 5 nitrogen and oxygen atoms in total. The van der Waals surface area contributed by atoms with Crippen molar-refractivity contribution in [3.8, 4) is 5.69 Å². The van der Waals surface area contributed by atoms with Crippen LogP contribution in [0.4, 0.5) is 0 Å². The van der Waals surface area contributed by atoms with E-state index in [4.69, 9.17) is 0 Å². The van der Waals surface area contributed by atoms with Crippen molar-refractivity contribution in [2.75, 3.05) is 13.3 Å². The zero-order valence-electron chi connectivity index (χ0n) is 12.5. The molecule has 3 rings (SSSR count). The Kier molecular flexibility index (Phi) is 4.55. The van der Waals surface area contributed by atoms with Crippen molar-refractivity contribution >= 4 is 11.8 Å². The van der Waals surface area contributed by atoms with Gasteiger partial charge in [-0.2, -0.15) is 16.4 Å². The minimum absolute atomic E-state index is 0.642. The van der Waals surface area contributed by atoms with Gasteiger partial charge in [-0.15, -0.1) is 5.10 Å². The number of aromatic nitrogens is 4. The minimum Gasteiger partial charge on any atom is -0.296 e. The quantitative estimate of drug-likeness (QED) is 0.848. The van der Waals surface area contributed by atoms with Gasteiger partial charge in [0.05, 0.1) is 12.2 Å². The highest BCUT2D eigenvalue weighted by molar-refractivity contribution is 7.99. The first-order chi connectivity index (χ1) is 10.3. The van der Waals surface area contributed by atoms with E-state index in [1.54, 1.807) is 0 Å². The topological polar surface area (TPSA) is 46.8 Å². The van der Waals surface area contributed by atoms with E-state index in [1.165, 1.54) is 19.3 Å². The highest BCUT2D eigenvalue weighted by atomic mass is 32.2. The molecule has 0 aliphatic heterocycles. The smallest absolute Gasteiger partial charge is 0.170 e. The molecule has 0 amide bonds. The fraction of sp³-hybridized carbons (Fsp3) is 0.533. The van der Waals surface area contributed by atoms with Crippen LogP contribution in [0.1, 0.15) is 25.1 Å². The molecule has 112 valence electrons. The second-order valence-corrected chi connectivity index (χ2v) is 6.72. The lowest BCUT2D eigenvalue weighted by Crippen LogP contribution is -2.30. The maximum absolute atomic E-state index is 4.20. The molecule has 0 radical (unpaired) electrons. The van der Waals surface area contributed by atoms with Gasteiger partial charge in [-0.1, -0.05) is 18.2 Å². The third-order valence-electron chi connectivity index (χ3n) is 4.24. The third kappa shape index (κ3) is 3.27. The molecular weight excluding hydrogens is 282 g/mol. The Morgan fingerprint density at radius 3 is 2.81 bits per heavy atom. The normalized spacial score (nSPS) is 22.0. The van der Waals surface area contributed by atoms with E-state index in [0.717, 1.165) is 23.3 Å². The highest BCUT2D eigenvalue weighted by Gasteiger charge is 2.27. The van der Waals surface area contributed by atoms with Crippen molar-refractivity contribution in [1.29, 1.82) is 0 Å². The summed E-state index contributed by atoms with van der Waals surface area (Å²) in [6.45, 7) is 0.785. The number of nitrogens with zero attached hydrogens (tertiary/aromatic N) is 5. The van der Waals surface area contributed by atoms with E-state index in [-0.39, 0.29) is 0 Å². The van der Waals surface area contributed by atoms with E-state index >= 15 is 0 Å². The lowest BCUT2D eigenvalue weighted by Gasteiger charge is -2.23. The van der Waals surface area contributed by atoms with E-state index < -0.39 is 0 Å². The molecule has 6 heteroatoms. The zero-order valence-corrected chi connectivity index (χ0v) is 13.3. The average Bonchev–Trinajstić information content (AvgIpc) is 3.17. The highest BCUT2D eigenvalue weighted by Crippen LogP contribution is 2.31. The predicted octanol–water partition coefficient (Wildman–Crippen LogP) is 2.38. The summed E-state index contributed by atoms with van der Waals surface area (Å²) >= 11 is 1.99. The van der Waals surface area contributed by atoms with Crippen LogP contribution >= 0.6 is 11.8 Å². The second kappa shape index (κ2) is 6.58. The first-order valence-corrected chi connectivity index (χ1v) is 8.62. The Hall–Kier alpha value is -1.40. The Morgan fingerprint density at radius 2 is 2.10 bits per heavy atom. The SMILES string of the molecule is CS[C@@H]1CC[C@H](N(C)Cc2nnnn2-c2ccccc2)C1. The van der Waals surface area contributed by atoms with Gasteiger partial charge in [0.15, 0.2) is 5.82 Å². The van der Waals surface area contributed by atoms with E-state index in [2.05, 4.69) is 33.7 Å². The van der Waals surface area contributed by atoms with Crippen LogP contribution in [0.25, 0.3) is 5.69 Å². The molecule has 0 unspecified atom stereocenters. The summed E-state index contributed by atoms with van der Waals surface area (Å²) in [6, 6.07) is 10.7. The van der Waals surface area contributed by atoms with Gasteiger partial charge in [0.25, 0.3) is 0 Å². The molecule has 0 N–H and O–H groups in total. The Bertz CT molecular complexity index is 570. The van der Waals surface area contributed by atoms with Gasteiger partial charge in [-0.05, 0) is 55.1 Å². The second-order valence-electron chi connectivity index (χ2n) is 5.58. The molecular formula is C15H21N5S. The first kappa shape index (κ1) is 14.5. The van der Waals surface area contributed by atoms with Gasteiger partial charge in [-0.3, -0.25) is 4.90 Å². The Morgan fingerprint density at radius 1 is 1.29 bits per heavy atom. The molecule has 2 atom stereocenters. The van der Waals surface area contributed by atoms with Crippen LogP contribution in [-0.4, -0.2) is 49.7 Å². The number of benzene rings is 1. The zero-order chi connectivity index (χ0) is 14.7. The molecule has 0 bridgehead atoms. The van der Waals surface area contributed by atoms with Gasteiger partial charge in [0, 0.05) is 11.3 Å². The first-order valence-electron chi connectivity index (χ1n) is 7.33. The number of thioether (sulfide) groups is 1. The number of tetrazole rings is 1. The lowest BCUT2D eigenvalue weighted by molar-refractivity contribution is 0.230. The summed E-state index contributed by atoms with van der Waals surface area (Å²) in [5.41, 5.74) is 1.01. The Balaban J connectivity index is 1.70. The van der Waals surface area contributed by atoms with Crippen molar-refractivity contribution in [1.82, 2.24) is 25.1 Å². The molecule has 21 heavy (non-hydrogen) atoms. The third-order valence-corrected chi connectivity index (χ3v) is 5.33. The molecule has 0 spiro atoms. The van der Waals surface area contributed by atoms with Crippen LogP contribution in [0.3, 0.4) is 0 Å². The summed E-state index contributed by atoms with van der Waals surface area (Å²) in [7, 11) is 2.18. The molecule has 1 fully saturated rings. The van der Waals surface area contributed by atoms with Crippen molar-refractivity contribution in [3.63, 3.8) is 0 Å². The molecule has 1 aliphatic rings. The fourth-order valence-electron chi connectivity index (χ4n) is 2.96. The van der Waals surface area contributed by atoms with Gasteiger partial charge in [0.1, 0.15) is 0 Å². The molecule has 1 heterocycles. The van der Waals surface area contributed by atoms with Gasteiger partial charge >= 0.3 is 0 Å². The van der Waals surface area contributed by atoms with E-state index in [9.17, 15) is 0 Å². The van der Waals surface area contributed by atoms with Crippen LogP contribution in [-0.2, 0) is 6.54 Å². The van der Waals surface area contributed by atoms with Crippen molar-refractivity contribution in [3.05, 3.63) is 36.2 Å². The molecule has 1 aliphatic carbocycles. The van der Waals surface area contributed by atoms with Gasteiger partial charge < -0.3 is 0 Å². The number of rotatable bonds is 5. The number of hydrogen-bond acceptors (Lipinski definition) is 5. The minimum atomic E-state index is 0.642. The van der Waals surface area contributed by atoms with Crippen molar-refractivity contribution in [2.24, 2.45) is 0 Å². The summed E-state index contributed by atoms with van der Waals surface area (Å²) in [4.78, 5) is 2.39. The number of hydrogen-bond donors (Lipinski definition) is 0. The van der Waals surface area contributed by atoms with Crippen LogP contribution < -0.4 is 0 Å². The predicted molar refractivity (Wildman–Crippen MR) is 85.6 cm³/mol. The Labute approximate surface area is 129 Å². The summed E-state index contributed by atoms with van der Waals surface area (Å²) < 4.78 is 1.83. The fourth-order valence-corrected chi connectivity index (χ4v) is 3.74. The van der Waals surface area contributed by atoms with E-state index in [1.807, 2.05) is 46.8 Å². The van der Waals surface area contributed by atoms with Crippen molar-refractivity contribution in [2.45, 2.75) is 37.1 Å². The standard InChI is InChI=1S/C15H21N5S/c1-19(13-8-9-14(10-13)21-2)11-15-16-17-18-20(15)12-6-4-3-5-7-12/h3-7,13-14H,8-11H2,1-2H3/t13-,14+/m0/s1. The van der Waals surface area contributed by atoms with Crippen LogP contribution in [0.15, 0.2) is 30.3 Å². The summed E-state index contributed by atoms with van der Waals surface area (Å²) in [5, 5.41) is 13.0. The lowest BCUT2D eigenvalue weighted by atomic mass is 10.2. The largest absolute Gasteiger partial charge is 0.296 e. The summed E-state index contributed by atoms with van der Waals surface area (Å²) in [6.07, 6.45) is 6.07. The maximum atomic E-state index is 4.20. The molecule has 2 aromatic rings. The summed E-state index contributed by atoms with van der Waals surface area (Å²) in [5.74, 6) is 0.899. The molecule has 1 aromatic carbocycles. The number of para-hydroxylation sites is 1. The van der Waals surface area contributed by atoms with Crippen LogP contribution in [0.5, 0.6) is 0 Å². The van der Waals surface area contributed by atoms with Gasteiger partial charge in [-0.25, -0.2) is 0 Å². The molecule has 1 aromatic heterocycles. The average molecular weight is 303 g/mol. The van der Waals surface area contributed by atoms with E-state index in [0.29, 0.717) is 6.04 Å². The monoisotopic (exact) mass is 303 g/mol.